The molecule has 1 heterocycles. The van der Waals surface area contributed by atoms with Crippen molar-refractivity contribution in [3.05, 3.63) is 95.3 Å². The fourth-order valence-corrected chi connectivity index (χ4v) is 3.86. The van der Waals surface area contributed by atoms with E-state index in [9.17, 15) is 14.0 Å². The van der Waals surface area contributed by atoms with Crippen LogP contribution in [0.1, 0.15) is 36.6 Å². The largest absolute Gasteiger partial charge is 0.454 e. The van der Waals surface area contributed by atoms with Crippen LogP contribution in [0.25, 0.3) is 0 Å². The molecule has 2 amide bonds. The van der Waals surface area contributed by atoms with Crippen LogP contribution in [0.3, 0.4) is 0 Å². The molecule has 0 saturated carbocycles. The van der Waals surface area contributed by atoms with E-state index in [1.165, 1.54) is 12.1 Å². The summed E-state index contributed by atoms with van der Waals surface area (Å²) in [5.41, 5.74) is 2.28. The van der Waals surface area contributed by atoms with Gasteiger partial charge in [0.05, 0.1) is 0 Å². The van der Waals surface area contributed by atoms with Gasteiger partial charge in [-0.3, -0.25) is 9.59 Å². The highest BCUT2D eigenvalue weighted by Gasteiger charge is 2.32. The van der Waals surface area contributed by atoms with Crippen molar-refractivity contribution in [3.63, 3.8) is 0 Å². The first kappa shape index (κ1) is 23.3. The summed E-state index contributed by atoms with van der Waals surface area (Å²) in [5, 5.41) is 2.97. The average Bonchev–Trinajstić information content (AvgIpc) is 3.32. The zero-order chi connectivity index (χ0) is 24.1. The van der Waals surface area contributed by atoms with E-state index in [4.69, 9.17) is 9.47 Å². The lowest BCUT2D eigenvalue weighted by atomic mass is 10.0. The van der Waals surface area contributed by atoms with Gasteiger partial charge in [-0.1, -0.05) is 62.4 Å². The second kappa shape index (κ2) is 10.4. The minimum Gasteiger partial charge on any atom is -0.454 e. The molecule has 0 radical (unpaired) electrons. The van der Waals surface area contributed by atoms with Gasteiger partial charge in [0.1, 0.15) is 11.9 Å². The number of fused-ring (bicyclic) bond motifs is 1. The Hall–Kier alpha value is -3.87. The van der Waals surface area contributed by atoms with Gasteiger partial charge in [-0.15, -0.1) is 0 Å². The third kappa shape index (κ3) is 5.36. The van der Waals surface area contributed by atoms with Crippen LogP contribution in [0.5, 0.6) is 11.5 Å². The lowest BCUT2D eigenvalue weighted by Gasteiger charge is -2.33. The molecule has 0 spiro atoms. The first-order valence-corrected chi connectivity index (χ1v) is 11.2. The number of ether oxygens (including phenoxy) is 2. The molecule has 3 aromatic carbocycles. The van der Waals surface area contributed by atoms with Crippen LogP contribution in [0.2, 0.25) is 0 Å². The Labute approximate surface area is 198 Å². The van der Waals surface area contributed by atoms with E-state index in [0.29, 0.717) is 17.1 Å². The van der Waals surface area contributed by atoms with Crippen LogP contribution < -0.4 is 14.8 Å². The van der Waals surface area contributed by atoms with E-state index in [1.54, 1.807) is 30.9 Å². The second-order valence-corrected chi connectivity index (χ2v) is 8.47. The molecular weight excluding hydrogens is 435 g/mol. The molecule has 0 bridgehead atoms. The molecule has 1 aliphatic rings. The minimum atomic E-state index is -0.852. The molecular formula is C27H27FN2O4. The van der Waals surface area contributed by atoms with Crippen LogP contribution >= 0.6 is 0 Å². The summed E-state index contributed by atoms with van der Waals surface area (Å²) in [7, 11) is 0. The van der Waals surface area contributed by atoms with E-state index in [0.717, 1.165) is 11.1 Å². The Morgan fingerprint density at radius 3 is 2.32 bits per heavy atom. The molecule has 0 fully saturated rings. The van der Waals surface area contributed by atoms with Crippen molar-refractivity contribution in [1.29, 1.82) is 0 Å². The first-order valence-electron chi connectivity index (χ1n) is 11.2. The molecule has 4 rings (SSSR count). The van der Waals surface area contributed by atoms with Crippen molar-refractivity contribution in [1.82, 2.24) is 10.2 Å². The van der Waals surface area contributed by atoms with Crippen LogP contribution in [0.15, 0.2) is 72.8 Å². The number of halogens is 1. The number of benzene rings is 3. The van der Waals surface area contributed by atoms with Gasteiger partial charge in [0.2, 0.25) is 18.6 Å². The molecule has 0 aromatic heterocycles. The molecule has 34 heavy (non-hydrogen) atoms. The summed E-state index contributed by atoms with van der Waals surface area (Å²) in [5.74, 6) is 0.154. The SMILES string of the molecule is CC(C)C(=O)N(Cc1ccc(F)cc1)C(C(=O)NCc1ccc2c(c1)OCO2)c1ccccc1. The van der Waals surface area contributed by atoms with Gasteiger partial charge in [-0.25, -0.2) is 4.39 Å². The maximum atomic E-state index is 13.5. The van der Waals surface area contributed by atoms with Gasteiger partial charge >= 0.3 is 0 Å². The van der Waals surface area contributed by atoms with E-state index in [1.807, 2.05) is 48.5 Å². The summed E-state index contributed by atoms with van der Waals surface area (Å²) in [6.07, 6.45) is 0. The third-order valence-corrected chi connectivity index (χ3v) is 5.62. The summed E-state index contributed by atoms with van der Waals surface area (Å²) in [4.78, 5) is 28.4. The Kier molecular flexibility index (Phi) is 7.11. The van der Waals surface area contributed by atoms with Crippen molar-refractivity contribution >= 4 is 11.8 Å². The summed E-state index contributed by atoms with van der Waals surface area (Å²) < 4.78 is 24.2. The van der Waals surface area contributed by atoms with Gasteiger partial charge in [0, 0.05) is 19.0 Å². The highest BCUT2D eigenvalue weighted by atomic mass is 19.1. The van der Waals surface area contributed by atoms with Gasteiger partial charge in [0.25, 0.3) is 0 Å². The standard InChI is InChI=1S/C27H27FN2O4/c1-18(2)27(32)30(16-19-8-11-22(28)12-9-19)25(21-6-4-3-5-7-21)26(31)29-15-20-10-13-23-24(14-20)34-17-33-23/h3-14,18,25H,15-17H2,1-2H3,(H,29,31). The highest BCUT2D eigenvalue weighted by Crippen LogP contribution is 2.32. The Balaban J connectivity index is 1.61. The Morgan fingerprint density at radius 2 is 1.62 bits per heavy atom. The lowest BCUT2D eigenvalue weighted by Crippen LogP contribution is -2.44. The van der Waals surface area contributed by atoms with E-state index in [2.05, 4.69) is 5.32 Å². The van der Waals surface area contributed by atoms with Crippen molar-refractivity contribution in [2.24, 2.45) is 5.92 Å². The average molecular weight is 463 g/mol. The molecule has 0 aliphatic carbocycles. The fraction of sp³-hybridized carbons (Fsp3) is 0.259. The predicted molar refractivity (Wildman–Crippen MR) is 125 cm³/mol. The lowest BCUT2D eigenvalue weighted by molar-refractivity contribution is -0.144. The van der Waals surface area contributed by atoms with Crippen molar-refractivity contribution in [3.8, 4) is 11.5 Å². The molecule has 1 aliphatic heterocycles. The first-order chi connectivity index (χ1) is 16.4. The minimum absolute atomic E-state index is 0.170. The molecule has 176 valence electrons. The number of rotatable bonds is 8. The van der Waals surface area contributed by atoms with Crippen molar-refractivity contribution in [2.75, 3.05) is 6.79 Å². The van der Waals surface area contributed by atoms with Crippen molar-refractivity contribution < 1.29 is 23.5 Å². The molecule has 1 unspecified atom stereocenters. The van der Waals surface area contributed by atoms with Gasteiger partial charge in [-0.05, 0) is 41.0 Å². The molecule has 3 aromatic rings. The van der Waals surface area contributed by atoms with E-state index >= 15 is 0 Å². The van der Waals surface area contributed by atoms with Gasteiger partial charge in [0.15, 0.2) is 11.5 Å². The second-order valence-electron chi connectivity index (χ2n) is 8.47. The number of amides is 2. The third-order valence-electron chi connectivity index (χ3n) is 5.62. The molecule has 1 atom stereocenters. The number of carbonyl (C=O) groups excluding carboxylic acids is 2. The molecule has 7 heteroatoms. The smallest absolute Gasteiger partial charge is 0.247 e. The fourth-order valence-electron chi connectivity index (χ4n) is 3.86. The number of hydrogen-bond acceptors (Lipinski definition) is 4. The number of nitrogens with one attached hydrogen (secondary N) is 1. The summed E-state index contributed by atoms with van der Waals surface area (Å²) in [6, 6.07) is 19.8. The number of nitrogens with zero attached hydrogens (tertiary/aromatic N) is 1. The number of carbonyl (C=O) groups is 2. The van der Waals surface area contributed by atoms with Gasteiger partial charge < -0.3 is 19.7 Å². The molecule has 0 saturated heterocycles. The van der Waals surface area contributed by atoms with Crippen LogP contribution in [-0.4, -0.2) is 23.5 Å². The topological polar surface area (TPSA) is 67.9 Å². The van der Waals surface area contributed by atoms with Crippen LogP contribution in [0, 0.1) is 11.7 Å². The van der Waals surface area contributed by atoms with E-state index < -0.39 is 6.04 Å². The maximum absolute atomic E-state index is 13.5. The molecule has 6 nitrogen and oxygen atoms in total. The zero-order valence-electron chi connectivity index (χ0n) is 19.2. The van der Waals surface area contributed by atoms with Crippen LogP contribution in [-0.2, 0) is 22.7 Å². The Bertz CT molecular complexity index is 1150. The van der Waals surface area contributed by atoms with E-state index in [-0.39, 0.29) is 43.4 Å². The predicted octanol–water partition coefficient (Wildman–Crippen LogP) is 4.60. The summed E-state index contributed by atoms with van der Waals surface area (Å²) >= 11 is 0. The quantitative estimate of drug-likeness (QED) is 0.532. The van der Waals surface area contributed by atoms with Crippen LogP contribution in [0.4, 0.5) is 4.39 Å². The van der Waals surface area contributed by atoms with Crippen molar-refractivity contribution in [2.45, 2.75) is 33.0 Å². The maximum Gasteiger partial charge on any atom is 0.247 e. The Morgan fingerprint density at radius 1 is 0.941 bits per heavy atom. The normalized spacial score (nSPS) is 12.9. The highest BCUT2D eigenvalue weighted by molar-refractivity contribution is 5.89. The molecule has 1 N–H and O–H groups in total. The zero-order valence-corrected chi connectivity index (χ0v) is 19.2. The summed E-state index contributed by atoms with van der Waals surface area (Å²) in [6.45, 7) is 4.21. The number of hydrogen-bond donors (Lipinski definition) is 1. The monoisotopic (exact) mass is 462 g/mol. The van der Waals surface area contributed by atoms with Gasteiger partial charge in [-0.2, -0.15) is 0 Å².